The molecule has 0 aliphatic rings. The highest BCUT2D eigenvalue weighted by molar-refractivity contribution is 7.91. The van der Waals surface area contributed by atoms with Gasteiger partial charge in [-0.05, 0) is 41.0 Å². The molecule has 6 heteroatoms. The van der Waals surface area contributed by atoms with Gasteiger partial charge in [0.15, 0.2) is 9.84 Å². The average molecular weight is 400 g/mol. The second kappa shape index (κ2) is 7.94. The maximum absolute atomic E-state index is 13.3. The molecule has 0 saturated heterocycles. The maximum Gasteiger partial charge on any atom is 0.248 e. The van der Waals surface area contributed by atoms with Crippen LogP contribution >= 0.6 is 11.6 Å². The number of hydrogen-bond donors (Lipinski definition) is 1. The average Bonchev–Trinajstić information content (AvgIpc) is 2.64. The fourth-order valence-corrected chi connectivity index (χ4v) is 5.08. The van der Waals surface area contributed by atoms with Gasteiger partial charge in [0.05, 0.1) is 5.75 Å². The van der Waals surface area contributed by atoms with Gasteiger partial charge in [-0.15, -0.1) is 0 Å². The summed E-state index contributed by atoms with van der Waals surface area (Å²) < 4.78 is 26.6. The van der Waals surface area contributed by atoms with Gasteiger partial charge in [0, 0.05) is 10.6 Å². The lowest BCUT2D eigenvalue weighted by Crippen LogP contribution is -2.17. The van der Waals surface area contributed by atoms with Gasteiger partial charge in [-0.1, -0.05) is 66.2 Å². The predicted molar refractivity (Wildman–Crippen MR) is 107 cm³/mol. The van der Waals surface area contributed by atoms with E-state index in [0.717, 1.165) is 0 Å². The summed E-state index contributed by atoms with van der Waals surface area (Å²) in [5.74, 6) is -0.803. The topological polar surface area (TPSA) is 77.2 Å². The lowest BCUT2D eigenvalue weighted by atomic mass is 10.0. The van der Waals surface area contributed by atoms with Crippen molar-refractivity contribution in [2.24, 2.45) is 5.73 Å². The van der Waals surface area contributed by atoms with Gasteiger partial charge in [0.2, 0.25) is 5.91 Å². The number of carbonyl (C=O) groups excluding carboxylic acids is 1. The van der Waals surface area contributed by atoms with Crippen molar-refractivity contribution in [3.8, 4) is 0 Å². The minimum absolute atomic E-state index is 0.212. The molecule has 1 amide bonds. The Balaban J connectivity index is 2.04. The quantitative estimate of drug-likeness (QED) is 0.676. The van der Waals surface area contributed by atoms with Crippen LogP contribution < -0.4 is 5.73 Å². The zero-order valence-corrected chi connectivity index (χ0v) is 16.0. The highest BCUT2D eigenvalue weighted by Gasteiger charge is 2.29. The fourth-order valence-electron chi connectivity index (χ4n) is 3.00. The molecule has 0 fully saturated rings. The first kappa shape index (κ1) is 19.1. The summed E-state index contributed by atoms with van der Waals surface area (Å²) >= 11 is 5.96. The lowest BCUT2D eigenvalue weighted by molar-refractivity contribution is 0.1000. The molecule has 27 heavy (non-hydrogen) atoms. The van der Waals surface area contributed by atoms with Gasteiger partial charge in [0.25, 0.3) is 0 Å². The largest absolute Gasteiger partial charge is 0.366 e. The second-order valence-corrected chi connectivity index (χ2v) is 8.74. The first-order valence-corrected chi connectivity index (χ1v) is 10.4. The minimum Gasteiger partial charge on any atom is -0.366 e. The Bertz CT molecular complexity index is 1050. The molecule has 0 heterocycles. The Hall–Kier alpha value is -2.63. The smallest absolute Gasteiger partial charge is 0.248 e. The van der Waals surface area contributed by atoms with Crippen molar-refractivity contribution in [3.05, 3.63) is 106 Å². The molecule has 0 spiro atoms. The molecule has 3 rings (SSSR count). The van der Waals surface area contributed by atoms with Crippen LogP contribution in [0.2, 0.25) is 5.02 Å². The number of amides is 1. The number of benzene rings is 3. The van der Waals surface area contributed by atoms with E-state index in [1.165, 1.54) is 6.07 Å². The van der Waals surface area contributed by atoms with Crippen LogP contribution in [0.25, 0.3) is 0 Å². The summed E-state index contributed by atoms with van der Waals surface area (Å²) in [6.07, 6.45) is 0. The zero-order chi connectivity index (χ0) is 19.4. The van der Waals surface area contributed by atoms with E-state index >= 15 is 0 Å². The number of hydrogen-bond acceptors (Lipinski definition) is 3. The van der Waals surface area contributed by atoms with Gasteiger partial charge in [-0.2, -0.15) is 0 Å². The van der Waals surface area contributed by atoms with Gasteiger partial charge >= 0.3 is 0 Å². The molecule has 0 radical (unpaired) electrons. The third-order valence-electron chi connectivity index (χ3n) is 4.21. The summed E-state index contributed by atoms with van der Waals surface area (Å²) in [4.78, 5) is 11.4. The van der Waals surface area contributed by atoms with Crippen molar-refractivity contribution >= 4 is 27.3 Å². The molecule has 1 atom stereocenters. The van der Waals surface area contributed by atoms with Gasteiger partial charge in [-0.3, -0.25) is 4.79 Å². The zero-order valence-electron chi connectivity index (χ0n) is 14.4. The standard InChI is InChI=1S/C21H18ClNO3S/c22-19-11-9-17(10-12-19)20(16-6-2-1-3-7-16)27(25,26)14-15-5-4-8-18(13-15)21(23)24/h1-13,20H,14H2,(H2,23,24)/t20-/m1/s1. The van der Waals surface area contributed by atoms with Crippen LogP contribution in [0.3, 0.4) is 0 Å². The highest BCUT2D eigenvalue weighted by Crippen LogP contribution is 2.33. The van der Waals surface area contributed by atoms with E-state index in [1.54, 1.807) is 54.6 Å². The van der Waals surface area contributed by atoms with Crippen LogP contribution in [0, 0.1) is 0 Å². The van der Waals surface area contributed by atoms with E-state index in [2.05, 4.69) is 0 Å². The van der Waals surface area contributed by atoms with Gasteiger partial charge in [-0.25, -0.2) is 8.42 Å². The molecule has 3 aromatic rings. The molecule has 4 nitrogen and oxygen atoms in total. The molecule has 0 saturated carbocycles. The summed E-state index contributed by atoms with van der Waals surface area (Å²) in [5, 5.41) is -0.301. The Morgan fingerprint density at radius 2 is 1.52 bits per heavy atom. The number of rotatable bonds is 6. The number of sulfone groups is 1. The highest BCUT2D eigenvalue weighted by atomic mass is 35.5. The molecule has 3 aromatic carbocycles. The summed E-state index contributed by atoms with van der Waals surface area (Å²) in [6, 6.07) is 22.2. The third kappa shape index (κ3) is 4.56. The Morgan fingerprint density at radius 3 is 2.15 bits per heavy atom. The maximum atomic E-state index is 13.3. The molecule has 0 unspecified atom stereocenters. The normalized spacial score (nSPS) is 12.5. The monoisotopic (exact) mass is 399 g/mol. The molecule has 0 aliphatic carbocycles. The SMILES string of the molecule is NC(=O)c1cccc(CS(=O)(=O)[C@H](c2ccccc2)c2ccc(Cl)cc2)c1. The van der Waals surface area contributed by atoms with Crippen LogP contribution in [0.15, 0.2) is 78.9 Å². The lowest BCUT2D eigenvalue weighted by Gasteiger charge is -2.19. The van der Waals surface area contributed by atoms with E-state index < -0.39 is 21.0 Å². The Morgan fingerprint density at radius 1 is 0.889 bits per heavy atom. The van der Waals surface area contributed by atoms with Crippen molar-refractivity contribution in [2.45, 2.75) is 11.0 Å². The van der Waals surface area contributed by atoms with Crippen molar-refractivity contribution in [1.82, 2.24) is 0 Å². The summed E-state index contributed by atoms with van der Waals surface area (Å²) in [7, 11) is -3.63. The van der Waals surface area contributed by atoms with Crippen molar-refractivity contribution in [3.63, 3.8) is 0 Å². The number of halogens is 1. The second-order valence-electron chi connectivity index (χ2n) is 6.21. The van der Waals surface area contributed by atoms with E-state index in [1.807, 2.05) is 18.2 Å². The van der Waals surface area contributed by atoms with Crippen molar-refractivity contribution < 1.29 is 13.2 Å². The van der Waals surface area contributed by atoms with E-state index in [0.29, 0.717) is 21.7 Å². The molecule has 2 N–H and O–H groups in total. The number of primary amides is 1. The van der Waals surface area contributed by atoms with Crippen molar-refractivity contribution in [2.75, 3.05) is 0 Å². The van der Waals surface area contributed by atoms with Crippen LogP contribution in [-0.4, -0.2) is 14.3 Å². The van der Waals surface area contributed by atoms with E-state index in [4.69, 9.17) is 17.3 Å². The Kier molecular flexibility index (Phi) is 5.63. The Labute approximate surface area is 163 Å². The molecular weight excluding hydrogens is 382 g/mol. The summed E-state index contributed by atoms with van der Waals surface area (Å²) in [5.41, 5.74) is 7.41. The van der Waals surface area contributed by atoms with E-state index in [-0.39, 0.29) is 11.3 Å². The van der Waals surface area contributed by atoms with E-state index in [9.17, 15) is 13.2 Å². The van der Waals surface area contributed by atoms with Crippen LogP contribution in [-0.2, 0) is 15.6 Å². The van der Waals surface area contributed by atoms with Crippen LogP contribution in [0.5, 0.6) is 0 Å². The molecule has 0 aliphatic heterocycles. The third-order valence-corrected chi connectivity index (χ3v) is 6.46. The minimum atomic E-state index is -3.63. The molecular formula is C21H18ClNO3S. The predicted octanol–water partition coefficient (Wildman–Crippen LogP) is 4.14. The van der Waals surface area contributed by atoms with Gasteiger partial charge in [0.1, 0.15) is 5.25 Å². The fraction of sp³-hybridized carbons (Fsp3) is 0.0952. The van der Waals surface area contributed by atoms with Gasteiger partial charge < -0.3 is 5.73 Å². The first-order valence-electron chi connectivity index (χ1n) is 8.27. The summed E-state index contributed by atoms with van der Waals surface area (Å²) in [6.45, 7) is 0. The molecule has 138 valence electrons. The van der Waals surface area contributed by atoms with Crippen LogP contribution in [0.1, 0.15) is 32.3 Å². The molecule has 0 bridgehead atoms. The van der Waals surface area contributed by atoms with Crippen molar-refractivity contribution in [1.29, 1.82) is 0 Å². The van der Waals surface area contributed by atoms with Crippen LogP contribution in [0.4, 0.5) is 0 Å². The first-order chi connectivity index (χ1) is 12.9. The number of nitrogens with two attached hydrogens (primary N) is 1. The number of carbonyl (C=O) groups is 1. The molecule has 0 aromatic heterocycles.